The largest absolute Gasteiger partial charge is 0.496 e. The Morgan fingerprint density at radius 2 is 1.89 bits per heavy atom. The summed E-state index contributed by atoms with van der Waals surface area (Å²) in [5, 5.41) is 7.21. The Kier molecular flexibility index (Phi) is 7.39. The summed E-state index contributed by atoms with van der Waals surface area (Å²) in [7, 11) is 1.60. The minimum Gasteiger partial charge on any atom is -0.496 e. The zero-order valence-corrected chi connectivity index (χ0v) is 22.2. The van der Waals surface area contributed by atoms with E-state index < -0.39 is 0 Å². The third-order valence-corrected chi connectivity index (χ3v) is 8.11. The number of pyridine rings is 1. The van der Waals surface area contributed by atoms with Gasteiger partial charge in [-0.2, -0.15) is 0 Å². The number of nitrogens with zero attached hydrogens (tertiary/aromatic N) is 3. The lowest BCUT2D eigenvalue weighted by Gasteiger charge is -2.31. The van der Waals surface area contributed by atoms with E-state index in [0.29, 0.717) is 41.8 Å². The number of benzene rings is 2. The molecule has 0 saturated carbocycles. The smallest absolute Gasteiger partial charge is 0.272 e. The number of piperidine rings is 1. The average molecular weight is 535 g/mol. The standard InChI is InChI=1S/C28H27ClN4O3S/c1-17-7-8-18(13-21(17)29)15-30-26(34)24-16-37-27(32-24)19-9-11-33(12-10-19)28(35)23-14-25(36-2)20-5-3-4-6-22(20)31-23/h3-8,13-14,16,19H,9-12,15H2,1-2H3,(H,30,34). The van der Waals surface area contributed by atoms with Crippen LogP contribution in [0.2, 0.25) is 5.02 Å². The number of methoxy groups -OCH3 is 1. The number of ether oxygens (including phenoxy) is 1. The topological polar surface area (TPSA) is 84.4 Å². The Morgan fingerprint density at radius 1 is 1.11 bits per heavy atom. The lowest BCUT2D eigenvalue weighted by molar-refractivity contribution is 0.0707. The molecule has 0 bridgehead atoms. The molecule has 1 aliphatic heterocycles. The number of halogens is 1. The minimum absolute atomic E-state index is 0.0992. The SMILES string of the molecule is COc1cc(C(=O)N2CCC(c3nc(C(=O)NCc4ccc(C)c(Cl)c4)cs3)CC2)nc2ccccc12. The van der Waals surface area contributed by atoms with Crippen molar-refractivity contribution in [3.63, 3.8) is 0 Å². The summed E-state index contributed by atoms with van der Waals surface area (Å²) in [6, 6.07) is 15.1. The molecule has 1 saturated heterocycles. The number of hydrogen-bond acceptors (Lipinski definition) is 6. The number of para-hydroxylation sites is 1. The van der Waals surface area contributed by atoms with Gasteiger partial charge in [-0.3, -0.25) is 9.59 Å². The molecule has 2 amide bonds. The highest BCUT2D eigenvalue weighted by molar-refractivity contribution is 7.09. The Balaban J connectivity index is 1.19. The van der Waals surface area contributed by atoms with Crippen molar-refractivity contribution in [1.29, 1.82) is 0 Å². The number of fused-ring (bicyclic) bond motifs is 1. The molecule has 1 aliphatic rings. The first-order valence-electron chi connectivity index (χ1n) is 12.1. The number of thiazole rings is 1. The molecule has 0 aliphatic carbocycles. The van der Waals surface area contributed by atoms with Crippen LogP contribution in [0.3, 0.4) is 0 Å². The van der Waals surface area contributed by atoms with Crippen molar-refractivity contribution >= 4 is 45.7 Å². The molecule has 2 aromatic carbocycles. The second-order valence-electron chi connectivity index (χ2n) is 9.13. The van der Waals surface area contributed by atoms with E-state index in [4.69, 9.17) is 16.3 Å². The van der Waals surface area contributed by atoms with E-state index in [1.807, 2.05) is 54.3 Å². The third kappa shape index (κ3) is 5.45. The molecule has 5 rings (SSSR count). The number of aryl methyl sites for hydroxylation is 1. The van der Waals surface area contributed by atoms with E-state index in [-0.39, 0.29) is 17.7 Å². The van der Waals surface area contributed by atoms with Crippen molar-refractivity contribution < 1.29 is 14.3 Å². The normalized spacial score (nSPS) is 14.1. The van der Waals surface area contributed by atoms with Crippen LogP contribution in [0, 0.1) is 6.92 Å². The van der Waals surface area contributed by atoms with Gasteiger partial charge in [-0.05, 0) is 49.1 Å². The summed E-state index contributed by atoms with van der Waals surface area (Å²) >= 11 is 7.68. The molecule has 3 heterocycles. The molecule has 0 unspecified atom stereocenters. The van der Waals surface area contributed by atoms with Crippen LogP contribution >= 0.6 is 22.9 Å². The second-order valence-corrected chi connectivity index (χ2v) is 10.4. The fourth-order valence-electron chi connectivity index (χ4n) is 4.51. The Bertz CT molecular complexity index is 1460. The number of amides is 2. The van der Waals surface area contributed by atoms with Crippen molar-refractivity contribution in [2.24, 2.45) is 0 Å². The number of carbonyl (C=O) groups excluding carboxylic acids is 2. The fourth-order valence-corrected chi connectivity index (χ4v) is 5.69. The van der Waals surface area contributed by atoms with E-state index in [9.17, 15) is 9.59 Å². The van der Waals surface area contributed by atoms with Crippen LogP contribution in [-0.4, -0.2) is 46.9 Å². The van der Waals surface area contributed by atoms with Gasteiger partial charge in [-0.15, -0.1) is 11.3 Å². The molecular formula is C28H27ClN4O3S. The van der Waals surface area contributed by atoms with Crippen LogP contribution in [0.4, 0.5) is 0 Å². The molecule has 0 spiro atoms. The first-order chi connectivity index (χ1) is 17.9. The Morgan fingerprint density at radius 3 is 2.65 bits per heavy atom. The highest BCUT2D eigenvalue weighted by Gasteiger charge is 2.28. The molecule has 190 valence electrons. The fraction of sp³-hybridized carbons (Fsp3) is 0.286. The summed E-state index contributed by atoms with van der Waals surface area (Å²) < 4.78 is 5.50. The highest BCUT2D eigenvalue weighted by Crippen LogP contribution is 2.32. The van der Waals surface area contributed by atoms with Gasteiger partial charge in [0.15, 0.2) is 0 Å². The molecule has 1 fully saturated rings. The maximum atomic E-state index is 13.2. The van der Waals surface area contributed by atoms with Gasteiger partial charge in [-0.1, -0.05) is 35.9 Å². The van der Waals surface area contributed by atoms with Crippen LogP contribution in [0.5, 0.6) is 5.75 Å². The van der Waals surface area contributed by atoms with Crippen molar-refractivity contribution in [1.82, 2.24) is 20.2 Å². The molecule has 9 heteroatoms. The zero-order chi connectivity index (χ0) is 25.9. The van der Waals surface area contributed by atoms with Crippen LogP contribution in [0.1, 0.15) is 55.9 Å². The molecule has 7 nitrogen and oxygen atoms in total. The van der Waals surface area contributed by atoms with E-state index in [0.717, 1.165) is 39.9 Å². The lowest BCUT2D eigenvalue weighted by atomic mass is 9.97. The minimum atomic E-state index is -0.205. The van der Waals surface area contributed by atoms with Crippen LogP contribution in [0.25, 0.3) is 10.9 Å². The van der Waals surface area contributed by atoms with Gasteiger partial charge in [0.25, 0.3) is 11.8 Å². The van der Waals surface area contributed by atoms with Crippen LogP contribution in [0.15, 0.2) is 53.9 Å². The number of likely N-dealkylation sites (tertiary alicyclic amines) is 1. The number of nitrogens with one attached hydrogen (secondary N) is 1. The van der Waals surface area contributed by atoms with Gasteiger partial charge < -0.3 is 15.0 Å². The highest BCUT2D eigenvalue weighted by atomic mass is 35.5. The lowest BCUT2D eigenvalue weighted by Crippen LogP contribution is -2.38. The molecule has 2 aromatic heterocycles. The quantitative estimate of drug-likeness (QED) is 0.347. The van der Waals surface area contributed by atoms with E-state index in [2.05, 4.69) is 15.3 Å². The zero-order valence-electron chi connectivity index (χ0n) is 20.7. The predicted molar refractivity (Wildman–Crippen MR) is 146 cm³/mol. The first kappa shape index (κ1) is 25.2. The second kappa shape index (κ2) is 10.9. The van der Waals surface area contributed by atoms with Gasteiger partial charge in [0, 0.05) is 47.4 Å². The summed E-state index contributed by atoms with van der Waals surface area (Å²) in [6.45, 7) is 3.55. The molecule has 37 heavy (non-hydrogen) atoms. The predicted octanol–water partition coefficient (Wildman–Crippen LogP) is 5.61. The monoisotopic (exact) mass is 534 g/mol. The number of hydrogen-bond donors (Lipinski definition) is 1. The number of aromatic nitrogens is 2. The van der Waals surface area contributed by atoms with Gasteiger partial charge in [0.1, 0.15) is 17.1 Å². The van der Waals surface area contributed by atoms with Crippen molar-refractivity contribution in [3.05, 3.63) is 86.5 Å². The van der Waals surface area contributed by atoms with Gasteiger partial charge in [0.2, 0.25) is 0 Å². The van der Waals surface area contributed by atoms with E-state index in [1.54, 1.807) is 18.6 Å². The Labute approximate surface area is 224 Å². The summed E-state index contributed by atoms with van der Waals surface area (Å²) in [5.74, 6) is 0.551. The maximum Gasteiger partial charge on any atom is 0.272 e. The Hall–Kier alpha value is -3.49. The summed E-state index contributed by atoms with van der Waals surface area (Å²) in [4.78, 5) is 36.9. The summed E-state index contributed by atoms with van der Waals surface area (Å²) in [5.41, 5.74) is 3.48. The average Bonchev–Trinajstić information content (AvgIpc) is 3.43. The van der Waals surface area contributed by atoms with Crippen molar-refractivity contribution in [2.45, 2.75) is 32.2 Å². The maximum absolute atomic E-state index is 13.2. The molecule has 0 radical (unpaired) electrons. The van der Waals surface area contributed by atoms with Gasteiger partial charge in [-0.25, -0.2) is 9.97 Å². The third-order valence-electron chi connectivity index (χ3n) is 6.69. The van der Waals surface area contributed by atoms with Crippen molar-refractivity contribution in [2.75, 3.05) is 20.2 Å². The number of rotatable bonds is 6. The van der Waals surface area contributed by atoms with Gasteiger partial charge >= 0.3 is 0 Å². The molecular weight excluding hydrogens is 508 g/mol. The van der Waals surface area contributed by atoms with E-state index in [1.165, 1.54) is 11.3 Å². The van der Waals surface area contributed by atoms with Crippen molar-refractivity contribution in [3.8, 4) is 5.75 Å². The van der Waals surface area contributed by atoms with Gasteiger partial charge in [0.05, 0.1) is 17.6 Å². The molecule has 0 atom stereocenters. The van der Waals surface area contributed by atoms with E-state index >= 15 is 0 Å². The summed E-state index contributed by atoms with van der Waals surface area (Å²) in [6.07, 6.45) is 1.57. The number of carbonyl (C=O) groups is 2. The molecule has 1 N–H and O–H groups in total. The molecule has 4 aromatic rings. The van der Waals surface area contributed by atoms with Crippen LogP contribution in [-0.2, 0) is 6.54 Å². The first-order valence-corrected chi connectivity index (χ1v) is 13.4. The van der Waals surface area contributed by atoms with Crippen LogP contribution < -0.4 is 10.1 Å².